The fourth-order valence-corrected chi connectivity index (χ4v) is 3.40. The highest BCUT2D eigenvalue weighted by molar-refractivity contribution is 4.84. The highest BCUT2D eigenvalue weighted by Crippen LogP contribution is 2.32. The SMILES string of the molecule is CCC1CCC(N(C)CC(CC)(CC)CO)CC1. The van der Waals surface area contributed by atoms with Gasteiger partial charge in [-0.2, -0.15) is 0 Å². The molecule has 2 heteroatoms. The summed E-state index contributed by atoms with van der Waals surface area (Å²) in [7, 11) is 2.26. The lowest BCUT2D eigenvalue weighted by Crippen LogP contribution is -2.44. The standard InChI is InChI=1S/C16H33NO/c1-5-14-8-10-15(11-9-14)17(4)12-16(6-2,7-3)13-18/h14-15,18H,5-13H2,1-4H3. The Hall–Kier alpha value is -0.0800. The van der Waals surface area contributed by atoms with Crippen LogP contribution < -0.4 is 0 Å². The Morgan fingerprint density at radius 3 is 2.00 bits per heavy atom. The molecule has 0 aliphatic heterocycles. The average Bonchev–Trinajstić information content (AvgIpc) is 2.45. The molecule has 18 heavy (non-hydrogen) atoms. The van der Waals surface area contributed by atoms with Crippen LogP contribution in [0.25, 0.3) is 0 Å². The highest BCUT2D eigenvalue weighted by atomic mass is 16.3. The minimum atomic E-state index is 0.121. The van der Waals surface area contributed by atoms with Gasteiger partial charge in [-0.05, 0) is 51.5 Å². The molecule has 1 aliphatic rings. The van der Waals surface area contributed by atoms with Crippen LogP contribution in [0.3, 0.4) is 0 Å². The average molecular weight is 255 g/mol. The van der Waals surface area contributed by atoms with Gasteiger partial charge in [0.2, 0.25) is 0 Å². The van der Waals surface area contributed by atoms with Crippen LogP contribution in [0, 0.1) is 11.3 Å². The lowest BCUT2D eigenvalue weighted by molar-refractivity contribution is 0.0473. The van der Waals surface area contributed by atoms with E-state index in [4.69, 9.17) is 0 Å². The Balaban J connectivity index is 2.47. The van der Waals surface area contributed by atoms with E-state index in [0.29, 0.717) is 6.61 Å². The van der Waals surface area contributed by atoms with Gasteiger partial charge in [0.25, 0.3) is 0 Å². The molecule has 0 heterocycles. The van der Waals surface area contributed by atoms with E-state index in [9.17, 15) is 5.11 Å². The summed E-state index contributed by atoms with van der Waals surface area (Å²) >= 11 is 0. The topological polar surface area (TPSA) is 23.5 Å². The van der Waals surface area contributed by atoms with Crippen molar-refractivity contribution in [3.63, 3.8) is 0 Å². The Morgan fingerprint density at radius 2 is 1.61 bits per heavy atom. The highest BCUT2D eigenvalue weighted by Gasteiger charge is 2.30. The van der Waals surface area contributed by atoms with Gasteiger partial charge in [-0.1, -0.05) is 27.2 Å². The summed E-state index contributed by atoms with van der Waals surface area (Å²) in [4.78, 5) is 2.52. The molecule has 0 amide bonds. The Labute approximate surface area is 114 Å². The lowest BCUT2D eigenvalue weighted by atomic mass is 9.80. The van der Waals surface area contributed by atoms with Gasteiger partial charge in [0.05, 0.1) is 0 Å². The van der Waals surface area contributed by atoms with Crippen molar-refractivity contribution in [2.75, 3.05) is 20.2 Å². The second-order valence-corrected chi connectivity index (χ2v) is 6.36. The van der Waals surface area contributed by atoms with Crippen molar-refractivity contribution < 1.29 is 5.11 Å². The van der Waals surface area contributed by atoms with Crippen molar-refractivity contribution in [1.29, 1.82) is 0 Å². The van der Waals surface area contributed by atoms with Gasteiger partial charge in [-0.15, -0.1) is 0 Å². The molecule has 0 atom stereocenters. The molecular weight excluding hydrogens is 222 g/mol. The number of hydrogen-bond acceptors (Lipinski definition) is 2. The van der Waals surface area contributed by atoms with Crippen LogP contribution in [0.2, 0.25) is 0 Å². The first-order valence-electron chi connectivity index (χ1n) is 7.91. The van der Waals surface area contributed by atoms with Crippen molar-refractivity contribution >= 4 is 0 Å². The van der Waals surface area contributed by atoms with Gasteiger partial charge in [0.1, 0.15) is 0 Å². The number of rotatable bonds is 7. The largest absolute Gasteiger partial charge is 0.396 e. The molecule has 1 saturated carbocycles. The van der Waals surface area contributed by atoms with Gasteiger partial charge < -0.3 is 10.0 Å². The molecule has 0 radical (unpaired) electrons. The van der Waals surface area contributed by atoms with E-state index < -0.39 is 0 Å². The third-order valence-corrected chi connectivity index (χ3v) is 5.44. The van der Waals surface area contributed by atoms with E-state index in [1.165, 1.54) is 32.1 Å². The first-order chi connectivity index (χ1) is 8.60. The first kappa shape index (κ1) is 16.0. The molecule has 0 spiro atoms. The minimum Gasteiger partial charge on any atom is -0.396 e. The van der Waals surface area contributed by atoms with Gasteiger partial charge in [0.15, 0.2) is 0 Å². The second kappa shape index (κ2) is 7.49. The maximum Gasteiger partial charge on any atom is 0.0499 e. The van der Waals surface area contributed by atoms with Crippen LogP contribution in [-0.4, -0.2) is 36.2 Å². The summed E-state index contributed by atoms with van der Waals surface area (Å²) < 4.78 is 0. The quantitative estimate of drug-likeness (QED) is 0.750. The van der Waals surface area contributed by atoms with Crippen LogP contribution in [0.4, 0.5) is 0 Å². The maximum absolute atomic E-state index is 9.68. The number of aliphatic hydroxyl groups is 1. The van der Waals surface area contributed by atoms with Crippen LogP contribution in [0.5, 0.6) is 0 Å². The lowest BCUT2D eigenvalue weighted by Gasteiger charge is -2.40. The predicted molar refractivity (Wildman–Crippen MR) is 78.8 cm³/mol. The van der Waals surface area contributed by atoms with Crippen LogP contribution in [-0.2, 0) is 0 Å². The minimum absolute atomic E-state index is 0.121. The number of nitrogens with zero attached hydrogens (tertiary/aromatic N) is 1. The molecule has 0 bridgehead atoms. The molecule has 0 saturated heterocycles. The zero-order chi connectivity index (χ0) is 13.6. The summed E-state index contributed by atoms with van der Waals surface area (Å²) in [5, 5.41) is 9.68. The zero-order valence-electron chi connectivity index (χ0n) is 12.9. The number of hydrogen-bond donors (Lipinski definition) is 1. The van der Waals surface area contributed by atoms with E-state index in [-0.39, 0.29) is 5.41 Å². The van der Waals surface area contributed by atoms with E-state index in [1.54, 1.807) is 0 Å². The fraction of sp³-hybridized carbons (Fsp3) is 1.00. The van der Waals surface area contributed by atoms with Crippen molar-refractivity contribution in [2.24, 2.45) is 11.3 Å². The maximum atomic E-state index is 9.68. The molecule has 0 aromatic heterocycles. The third kappa shape index (κ3) is 3.96. The summed E-state index contributed by atoms with van der Waals surface area (Å²) in [6, 6.07) is 0.747. The van der Waals surface area contributed by atoms with Crippen molar-refractivity contribution in [2.45, 2.75) is 71.8 Å². The van der Waals surface area contributed by atoms with Gasteiger partial charge in [-0.25, -0.2) is 0 Å². The molecule has 0 aromatic rings. The molecule has 1 N–H and O–H groups in total. The number of aliphatic hydroxyl groups excluding tert-OH is 1. The fourth-order valence-electron chi connectivity index (χ4n) is 3.40. The predicted octanol–water partition coefficient (Wildman–Crippen LogP) is 3.69. The van der Waals surface area contributed by atoms with Crippen molar-refractivity contribution in [1.82, 2.24) is 4.90 Å². The van der Waals surface area contributed by atoms with E-state index in [1.807, 2.05) is 0 Å². The smallest absolute Gasteiger partial charge is 0.0499 e. The molecule has 0 aromatic carbocycles. The molecule has 108 valence electrons. The summed E-state index contributed by atoms with van der Waals surface area (Å²) in [6.07, 6.45) is 9.00. The first-order valence-corrected chi connectivity index (χ1v) is 7.91. The normalized spacial score (nSPS) is 25.7. The molecule has 0 unspecified atom stereocenters. The van der Waals surface area contributed by atoms with Crippen LogP contribution in [0.1, 0.15) is 65.7 Å². The molecular formula is C16H33NO. The Morgan fingerprint density at radius 1 is 1.06 bits per heavy atom. The van der Waals surface area contributed by atoms with Crippen LogP contribution >= 0.6 is 0 Å². The summed E-state index contributed by atoms with van der Waals surface area (Å²) in [5.74, 6) is 0.967. The van der Waals surface area contributed by atoms with E-state index in [2.05, 4.69) is 32.7 Å². The van der Waals surface area contributed by atoms with E-state index in [0.717, 1.165) is 31.3 Å². The molecule has 1 rings (SSSR count). The van der Waals surface area contributed by atoms with Gasteiger partial charge >= 0.3 is 0 Å². The van der Waals surface area contributed by atoms with Gasteiger partial charge in [0, 0.05) is 24.6 Å². The Bertz CT molecular complexity index is 209. The summed E-state index contributed by atoms with van der Waals surface area (Å²) in [5.41, 5.74) is 0.121. The van der Waals surface area contributed by atoms with E-state index >= 15 is 0 Å². The zero-order valence-corrected chi connectivity index (χ0v) is 12.9. The molecule has 2 nitrogen and oxygen atoms in total. The second-order valence-electron chi connectivity index (χ2n) is 6.36. The Kier molecular flexibility index (Phi) is 6.65. The molecule has 1 aliphatic carbocycles. The van der Waals surface area contributed by atoms with Crippen molar-refractivity contribution in [3.05, 3.63) is 0 Å². The third-order valence-electron chi connectivity index (χ3n) is 5.44. The molecule has 1 fully saturated rings. The monoisotopic (exact) mass is 255 g/mol. The van der Waals surface area contributed by atoms with Gasteiger partial charge in [-0.3, -0.25) is 0 Å². The summed E-state index contributed by atoms with van der Waals surface area (Å²) in [6.45, 7) is 8.12. The van der Waals surface area contributed by atoms with Crippen molar-refractivity contribution in [3.8, 4) is 0 Å². The van der Waals surface area contributed by atoms with Crippen LogP contribution in [0.15, 0.2) is 0 Å².